The van der Waals surface area contributed by atoms with Crippen molar-refractivity contribution in [2.45, 2.75) is 50.7 Å². The van der Waals surface area contributed by atoms with Crippen LogP contribution in [0.15, 0.2) is 0 Å². The molecule has 1 aliphatic heterocycles. The number of nitrogens with one attached hydrogen (secondary N) is 1. The molecule has 2 atom stereocenters. The molecule has 16 heavy (non-hydrogen) atoms. The fourth-order valence-corrected chi connectivity index (χ4v) is 3.07. The van der Waals surface area contributed by atoms with E-state index in [2.05, 4.69) is 12.2 Å². The fraction of sp³-hybridized carbons (Fsp3) is 1.00. The summed E-state index contributed by atoms with van der Waals surface area (Å²) in [6.07, 6.45) is 6.10. The van der Waals surface area contributed by atoms with Crippen LogP contribution in [0, 0.1) is 5.92 Å². The first kappa shape index (κ1) is 12.3. The van der Waals surface area contributed by atoms with E-state index < -0.39 is 0 Å². The topological polar surface area (TPSA) is 30.5 Å². The lowest BCUT2D eigenvalue weighted by Crippen LogP contribution is -2.60. The van der Waals surface area contributed by atoms with Gasteiger partial charge in [-0.15, -0.1) is 0 Å². The molecule has 0 aromatic carbocycles. The van der Waals surface area contributed by atoms with Crippen LogP contribution < -0.4 is 5.32 Å². The van der Waals surface area contributed by atoms with Crippen molar-refractivity contribution in [3.8, 4) is 0 Å². The lowest BCUT2D eigenvalue weighted by atomic mass is 9.70. The lowest BCUT2D eigenvalue weighted by molar-refractivity contribution is -0.111. The summed E-state index contributed by atoms with van der Waals surface area (Å²) >= 11 is 0. The average Bonchev–Trinajstić information content (AvgIpc) is 2.75. The SMILES string of the molecule is CCCNC(C1CCOC1)C1(OC)CCC1. The summed E-state index contributed by atoms with van der Waals surface area (Å²) < 4.78 is 11.4. The highest BCUT2D eigenvalue weighted by molar-refractivity contribution is 5.03. The summed E-state index contributed by atoms with van der Waals surface area (Å²) in [6.45, 7) is 5.14. The van der Waals surface area contributed by atoms with E-state index in [0.717, 1.165) is 19.8 Å². The molecule has 2 unspecified atom stereocenters. The average molecular weight is 227 g/mol. The molecule has 0 radical (unpaired) electrons. The van der Waals surface area contributed by atoms with E-state index in [4.69, 9.17) is 9.47 Å². The van der Waals surface area contributed by atoms with Crippen molar-refractivity contribution in [3.63, 3.8) is 0 Å². The van der Waals surface area contributed by atoms with Gasteiger partial charge in [0, 0.05) is 25.7 Å². The number of hydrogen-bond acceptors (Lipinski definition) is 3. The van der Waals surface area contributed by atoms with Gasteiger partial charge in [0.15, 0.2) is 0 Å². The third-order valence-electron chi connectivity index (χ3n) is 4.22. The van der Waals surface area contributed by atoms with Crippen LogP contribution in [0.1, 0.15) is 39.0 Å². The largest absolute Gasteiger partial charge is 0.381 e. The second kappa shape index (κ2) is 5.48. The van der Waals surface area contributed by atoms with Gasteiger partial charge < -0.3 is 14.8 Å². The molecule has 0 bridgehead atoms. The standard InChI is InChI=1S/C13H25NO2/c1-3-8-14-12(11-5-9-16-10-11)13(15-2)6-4-7-13/h11-12,14H,3-10H2,1-2H3. The third kappa shape index (κ3) is 2.27. The second-order valence-corrected chi connectivity index (χ2v) is 5.18. The lowest BCUT2D eigenvalue weighted by Gasteiger charge is -2.49. The molecule has 1 saturated heterocycles. The van der Waals surface area contributed by atoms with E-state index in [9.17, 15) is 0 Å². The fourth-order valence-electron chi connectivity index (χ4n) is 3.07. The Labute approximate surface area is 98.9 Å². The Balaban J connectivity index is 2.00. The van der Waals surface area contributed by atoms with Crippen LogP contribution in [0.5, 0.6) is 0 Å². The van der Waals surface area contributed by atoms with Gasteiger partial charge in [0.25, 0.3) is 0 Å². The maximum atomic E-state index is 5.83. The van der Waals surface area contributed by atoms with Gasteiger partial charge in [-0.25, -0.2) is 0 Å². The predicted octanol–water partition coefficient (Wildman–Crippen LogP) is 1.96. The van der Waals surface area contributed by atoms with Gasteiger partial charge in [-0.05, 0) is 38.6 Å². The Morgan fingerprint density at radius 1 is 1.50 bits per heavy atom. The van der Waals surface area contributed by atoms with Crippen LogP contribution >= 0.6 is 0 Å². The monoisotopic (exact) mass is 227 g/mol. The number of rotatable bonds is 6. The number of methoxy groups -OCH3 is 1. The Morgan fingerprint density at radius 3 is 2.75 bits per heavy atom. The minimum absolute atomic E-state index is 0.105. The highest BCUT2D eigenvalue weighted by atomic mass is 16.5. The van der Waals surface area contributed by atoms with Gasteiger partial charge in [0.2, 0.25) is 0 Å². The molecule has 1 N–H and O–H groups in total. The molecule has 2 aliphatic rings. The van der Waals surface area contributed by atoms with Crippen LogP contribution in [0.3, 0.4) is 0 Å². The Hall–Kier alpha value is -0.120. The van der Waals surface area contributed by atoms with Crippen LogP contribution in [0.4, 0.5) is 0 Å². The van der Waals surface area contributed by atoms with Crippen LogP contribution in [-0.4, -0.2) is 38.5 Å². The Bertz CT molecular complexity index is 204. The quantitative estimate of drug-likeness (QED) is 0.752. The first-order valence-electron chi connectivity index (χ1n) is 6.68. The minimum atomic E-state index is 0.105. The van der Waals surface area contributed by atoms with Gasteiger partial charge in [0.05, 0.1) is 12.2 Å². The summed E-state index contributed by atoms with van der Waals surface area (Å²) in [4.78, 5) is 0. The third-order valence-corrected chi connectivity index (χ3v) is 4.22. The van der Waals surface area contributed by atoms with Crippen molar-refractivity contribution < 1.29 is 9.47 Å². The highest BCUT2D eigenvalue weighted by Gasteiger charge is 2.48. The van der Waals surface area contributed by atoms with Gasteiger partial charge >= 0.3 is 0 Å². The molecule has 0 aromatic rings. The van der Waals surface area contributed by atoms with E-state index in [1.165, 1.54) is 32.1 Å². The van der Waals surface area contributed by atoms with E-state index in [-0.39, 0.29) is 5.60 Å². The Kier molecular flexibility index (Phi) is 4.22. The minimum Gasteiger partial charge on any atom is -0.381 e. The zero-order valence-corrected chi connectivity index (χ0v) is 10.6. The number of hydrogen-bond donors (Lipinski definition) is 1. The summed E-state index contributed by atoms with van der Waals surface area (Å²) in [6, 6.07) is 0.494. The zero-order chi connectivity index (χ0) is 11.4. The van der Waals surface area contributed by atoms with Crippen molar-refractivity contribution in [3.05, 3.63) is 0 Å². The zero-order valence-electron chi connectivity index (χ0n) is 10.6. The molecule has 0 spiro atoms. The first-order valence-corrected chi connectivity index (χ1v) is 6.68. The van der Waals surface area contributed by atoms with Crippen LogP contribution in [0.25, 0.3) is 0 Å². The molecule has 0 aromatic heterocycles. The smallest absolute Gasteiger partial charge is 0.0834 e. The molecule has 3 nitrogen and oxygen atoms in total. The van der Waals surface area contributed by atoms with Gasteiger partial charge in [-0.1, -0.05) is 6.92 Å². The maximum absolute atomic E-state index is 5.83. The molecular formula is C13H25NO2. The predicted molar refractivity (Wildman–Crippen MR) is 64.6 cm³/mol. The summed E-state index contributed by atoms with van der Waals surface area (Å²) in [5.74, 6) is 0.645. The second-order valence-electron chi connectivity index (χ2n) is 5.18. The summed E-state index contributed by atoms with van der Waals surface area (Å²) in [5.41, 5.74) is 0.105. The molecule has 1 saturated carbocycles. The van der Waals surface area contributed by atoms with Crippen molar-refractivity contribution >= 4 is 0 Å². The van der Waals surface area contributed by atoms with Crippen molar-refractivity contribution in [1.29, 1.82) is 0 Å². The molecule has 1 heterocycles. The van der Waals surface area contributed by atoms with E-state index in [1.807, 2.05) is 7.11 Å². The van der Waals surface area contributed by atoms with Crippen molar-refractivity contribution in [2.24, 2.45) is 5.92 Å². The van der Waals surface area contributed by atoms with Crippen LogP contribution in [0.2, 0.25) is 0 Å². The number of ether oxygens (including phenoxy) is 2. The molecule has 94 valence electrons. The normalized spacial score (nSPS) is 30.0. The highest BCUT2D eigenvalue weighted by Crippen LogP contribution is 2.42. The molecule has 2 fully saturated rings. The van der Waals surface area contributed by atoms with E-state index in [0.29, 0.717) is 12.0 Å². The molecule has 3 heteroatoms. The summed E-state index contributed by atoms with van der Waals surface area (Å²) in [7, 11) is 1.87. The molecule has 2 rings (SSSR count). The van der Waals surface area contributed by atoms with Gasteiger partial charge in [0.1, 0.15) is 0 Å². The Morgan fingerprint density at radius 2 is 2.31 bits per heavy atom. The first-order chi connectivity index (χ1) is 7.82. The van der Waals surface area contributed by atoms with E-state index in [1.54, 1.807) is 0 Å². The van der Waals surface area contributed by atoms with Crippen LogP contribution in [-0.2, 0) is 9.47 Å². The molecule has 1 aliphatic carbocycles. The maximum Gasteiger partial charge on any atom is 0.0834 e. The van der Waals surface area contributed by atoms with Gasteiger partial charge in [-0.2, -0.15) is 0 Å². The molecular weight excluding hydrogens is 202 g/mol. The van der Waals surface area contributed by atoms with E-state index >= 15 is 0 Å². The molecule has 0 amide bonds. The summed E-state index contributed by atoms with van der Waals surface area (Å²) in [5, 5.41) is 3.70. The van der Waals surface area contributed by atoms with Gasteiger partial charge in [-0.3, -0.25) is 0 Å². The van der Waals surface area contributed by atoms with Crippen molar-refractivity contribution in [2.75, 3.05) is 26.9 Å². The van der Waals surface area contributed by atoms with Crippen molar-refractivity contribution in [1.82, 2.24) is 5.32 Å².